The Bertz CT molecular complexity index is 974. The van der Waals surface area contributed by atoms with E-state index in [1.54, 1.807) is 25.3 Å². The van der Waals surface area contributed by atoms with Gasteiger partial charge in [-0.2, -0.15) is 0 Å². The lowest BCUT2D eigenvalue weighted by Crippen LogP contribution is -2.28. The molecule has 0 bridgehead atoms. The van der Waals surface area contributed by atoms with E-state index in [9.17, 15) is 14.3 Å². The third-order valence-electron chi connectivity index (χ3n) is 4.19. The van der Waals surface area contributed by atoms with Crippen molar-refractivity contribution in [2.24, 2.45) is 0 Å². The summed E-state index contributed by atoms with van der Waals surface area (Å²) in [6.07, 6.45) is 2.21. The van der Waals surface area contributed by atoms with Gasteiger partial charge in [0.2, 0.25) is 0 Å². The molecule has 3 rings (SSSR count). The highest BCUT2D eigenvalue weighted by molar-refractivity contribution is 6.01. The molecule has 0 spiro atoms. The number of nitrogens with zero attached hydrogens (tertiary/aromatic N) is 2. The van der Waals surface area contributed by atoms with Crippen LogP contribution in [0.4, 0.5) is 4.39 Å². The van der Waals surface area contributed by atoms with Gasteiger partial charge in [0.05, 0.1) is 6.61 Å². The van der Waals surface area contributed by atoms with Gasteiger partial charge in [0.15, 0.2) is 11.4 Å². The van der Waals surface area contributed by atoms with Crippen LogP contribution in [-0.2, 0) is 11.2 Å². The minimum absolute atomic E-state index is 0.0603. The molecule has 0 aliphatic carbocycles. The number of aryl methyl sites for hydroxylation is 1. The average Bonchev–Trinajstić information content (AvgIpc) is 2.66. The summed E-state index contributed by atoms with van der Waals surface area (Å²) in [6, 6.07) is 8.14. The van der Waals surface area contributed by atoms with Crippen molar-refractivity contribution in [3.63, 3.8) is 0 Å². The first-order chi connectivity index (χ1) is 13.0. The Morgan fingerprint density at radius 3 is 2.70 bits per heavy atom. The number of carbonyl (C=O) groups is 1. The number of aromatic hydroxyl groups is 1. The number of fused-ring (bicyclic) bond motifs is 1. The molecule has 0 aliphatic rings. The first-order valence-electron chi connectivity index (χ1n) is 8.49. The van der Waals surface area contributed by atoms with Gasteiger partial charge in [-0.25, -0.2) is 9.37 Å². The molecule has 3 aromatic rings. The normalized spacial score (nSPS) is 10.9. The Balaban J connectivity index is 1.91. The molecule has 0 saturated heterocycles. The van der Waals surface area contributed by atoms with E-state index in [2.05, 4.69) is 15.3 Å². The van der Waals surface area contributed by atoms with Gasteiger partial charge in [-0.05, 0) is 42.7 Å². The second kappa shape index (κ2) is 8.09. The average molecular weight is 369 g/mol. The van der Waals surface area contributed by atoms with Crippen LogP contribution in [0.5, 0.6) is 5.75 Å². The molecule has 7 heteroatoms. The zero-order chi connectivity index (χ0) is 19.4. The van der Waals surface area contributed by atoms with Crippen molar-refractivity contribution in [3.8, 4) is 5.75 Å². The van der Waals surface area contributed by atoms with Crippen LogP contribution in [0.1, 0.15) is 27.3 Å². The minimum Gasteiger partial charge on any atom is -0.504 e. The first-order valence-corrected chi connectivity index (χ1v) is 8.49. The Morgan fingerprint density at radius 2 is 2.00 bits per heavy atom. The number of halogens is 1. The molecule has 1 aromatic carbocycles. The number of pyridine rings is 2. The summed E-state index contributed by atoms with van der Waals surface area (Å²) in [5.74, 6) is -1.01. The number of ether oxygens (including phenoxy) is 1. The Hall–Kier alpha value is -3.06. The maximum Gasteiger partial charge on any atom is 0.273 e. The lowest BCUT2D eigenvalue weighted by atomic mass is 10.0. The van der Waals surface area contributed by atoms with Crippen LogP contribution in [0.15, 0.2) is 36.5 Å². The maximum absolute atomic E-state index is 13.0. The second-order valence-electron chi connectivity index (χ2n) is 6.19. The van der Waals surface area contributed by atoms with Gasteiger partial charge in [-0.3, -0.25) is 9.78 Å². The van der Waals surface area contributed by atoms with Crippen molar-refractivity contribution < 1.29 is 19.0 Å². The lowest BCUT2D eigenvalue weighted by Gasteiger charge is -2.11. The predicted octanol–water partition coefficient (Wildman–Crippen LogP) is 2.75. The number of nitrogens with one attached hydrogen (secondary N) is 1. The quantitative estimate of drug-likeness (QED) is 0.653. The number of carbonyl (C=O) groups excluding carboxylic acids is 1. The van der Waals surface area contributed by atoms with E-state index in [0.29, 0.717) is 36.2 Å². The van der Waals surface area contributed by atoms with Crippen LogP contribution < -0.4 is 5.32 Å². The largest absolute Gasteiger partial charge is 0.504 e. The van der Waals surface area contributed by atoms with E-state index >= 15 is 0 Å². The number of hydrogen-bond acceptors (Lipinski definition) is 5. The van der Waals surface area contributed by atoms with Gasteiger partial charge < -0.3 is 15.2 Å². The van der Waals surface area contributed by atoms with Crippen molar-refractivity contribution in [2.75, 3.05) is 20.3 Å². The van der Waals surface area contributed by atoms with E-state index < -0.39 is 5.91 Å². The molecule has 0 saturated carbocycles. The molecule has 0 radical (unpaired) electrons. The standard InChI is InChI=1S/C20H20FN3O3/c1-12-16-10-14(9-13-3-5-15(21)6-4-13)11-23-17(16)19(25)18(24-12)20(26)22-7-8-27-2/h3-6,10-11,25H,7-9H2,1-2H3,(H,22,26). The minimum atomic E-state index is -0.480. The van der Waals surface area contributed by atoms with Gasteiger partial charge in [-0.15, -0.1) is 0 Å². The first kappa shape index (κ1) is 18.7. The molecule has 0 atom stereocenters. The molecule has 0 fully saturated rings. The van der Waals surface area contributed by atoms with Crippen LogP contribution in [0.25, 0.3) is 10.9 Å². The number of hydrogen-bond donors (Lipinski definition) is 2. The van der Waals surface area contributed by atoms with E-state index in [1.165, 1.54) is 19.2 Å². The second-order valence-corrected chi connectivity index (χ2v) is 6.19. The molecule has 6 nitrogen and oxygen atoms in total. The Labute approximate surface area is 156 Å². The van der Waals surface area contributed by atoms with Crippen LogP contribution in [0.2, 0.25) is 0 Å². The van der Waals surface area contributed by atoms with Crippen LogP contribution in [0, 0.1) is 12.7 Å². The van der Waals surface area contributed by atoms with Crippen LogP contribution in [0.3, 0.4) is 0 Å². The van der Waals surface area contributed by atoms with Crippen LogP contribution in [-0.4, -0.2) is 41.2 Å². The summed E-state index contributed by atoms with van der Waals surface area (Å²) < 4.78 is 17.9. The van der Waals surface area contributed by atoms with E-state index in [0.717, 1.165) is 11.1 Å². The van der Waals surface area contributed by atoms with Gasteiger partial charge in [0, 0.05) is 30.9 Å². The van der Waals surface area contributed by atoms with Gasteiger partial charge in [-0.1, -0.05) is 12.1 Å². The molecular weight excluding hydrogens is 349 g/mol. The fourth-order valence-electron chi connectivity index (χ4n) is 2.81. The van der Waals surface area contributed by atoms with Crippen molar-refractivity contribution in [2.45, 2.75) is 13.3 Å². The molecular formula is C20H20FN3O3. The van der Waals surface area contributed by atoms with Crippen molar-refractivity contribution in [3.05, 3.63) is 64.9 Å². The van der Waals surface area contributed by atoms with Crippen molar-refractivity contribution >= 4 is 16.8 Å². The highest BCUT2D eigenvalue weighted by Gasteiger charge is 2.18. The lowest BCUT2D eigenvalue weighted by molar-refractivity contribution is 0.0929. The zero-order valence-electron chi connectivity index (χ0n) is 15.1. The monoisotopic (exact) mass is 369 g/mol. The fourth-order valence-corrected chi connectivity index (χ4v) is 2.81. The third-order valence-corrected chi connectivity index (χ3v) is 4.19. The van der Waals surface area contributed by atoms with Crippen molar-refractivity contribution in [1.29, 1.82) is 0 Å². The Kier molecular flexibility index (Phi) is 5.61. The molecule has 2 heterocycles. The molecule has 0 aliphatic heterocycles. The maximum atomic E-state index is 13.0. The van der Waals surface area contributed by atoms with Crippen molar-refractivity contribution in [1.82, 2.24) is 15.3 Å². The smallest absolute Gasteiger partial charge is 0.273 e. The molecule has 27 heavy (non-hydrogen) atoms. The molecule has 1 amide bonds. The molecule has 0 unspecified atom stereocenters. The number of aromatic nitrogens is 2. The molecule has 140 valence electrons. The number of benzene rings is 1. The van der Waals surface area contributed by atoms with Gasteiger partial charge >= 0.3 is 0 Å². The third kappa shape index (κ3) is 4.20. The topological polar surface area (TPSA) is 84.3 Å². The number of amides is 1. The predicted molar refractivity (Wildman–Crippen MR) is 99.4 cm³/mol. The summed E-state index contributed by atoms with van der Waals surface area (Å²) in [5.41, 5.74) is 2.70. The van der Waals surface area contributed by atoms with E-state index in [1.807, 2.05) is 6.07 Å². The fraction of sp³-hybridized carbons (Fsp3) is 0.250. The highest BCUT2D eigenvalue weighted by Crippen LogP contribution is 2.28. The number of rotatable bonds is 6. The van der Waals surface area contributed by atoms with Gasteiger partial charge in [0.1, 0.15) is 11.3 Å². The zero-order valence-corrected chi connectivity index (χ0v) is 15.1. The van der Waals surface area contributed by atoms with E-state index in [4.69, 9.17) is 4.74 Å². The summed E-state index contributed by atoms with van der Waals surface area (Å²) in [7, 11) is 1.54. The SMILES string of the molecule is COCCNC(=O)c1nc(C)c2cc(Cc3ccc(F)cc3)cnc2c1O. The van der Waals surface area contributed by atoms with Gasteiger partial charge in [0.25, 0.3) is 5.91 Å². The van der Waals surface area contributed by atoms with E-state index in [-0.39, 0.29) is 17.3 Å². The van der Waals surface area contributed by atoms with Crippen LogP contribution >= 0.6 is 0 Å². The summed E-state index contributed by atoms with van der Waals surface area (Å²) in [4.78, 5) is 20.8. The Morgan fingerprint density at radius 1 is 1.26 bits per heavy atom. The highest BCUT2D eigenvalue weighted by atomic mass is 19.1. The summed E-state index contributed by atoms with van der Waals surface area (Å²) >= 11 is 0. The molecule has 2 N–H and O–H groups in total. The summed E-state index contributed by atoms with van der Waals surface area (Å²) in [6.45, 7) is 2.44. The summed E-state index contributed by atoms with van der Waals surface area (Å²) in [5, 5.41) is 13.8. The molecule has 2 aromatic heterocycles. The number of methoxy groups -OCH3 is 1.